The second-order valence-electron chi connectivity index (χ2n) is 6.77. The lowest BCUT2D eigenvalue weighted by atomic mass is 9.96. The van der Waals surface area contributed by atoms with Gasteiger partial charge < -0.3 is 10.0 Å². The second kappa shape index (κ2) is 7.31. The van der Waals surface area contributed by atoms with Crippen LogP contribution in [-0.4, -0.2) is 34.1 Å². The average Bonchev–Trinajstić information content (AvgIpc) is 2.70. The van der Waals surface area contributed by atoms with E-state index in [1.165, 1.54) is 24.5 Å². The first kappa shape index (κ1) is 18.6. The predicted molar refractivity (Wildman–Crippen MR) is 102 cm³/mol. The molecule has 1 aliphatic rings. The number of carboxylic acids is 1. The number of piperidine rings is 1. The largest absolute Gasteiger partial charge is 0.481 e. The van der Waals surface area contributed by atoms with Crippen molar-refractivity contribution in [1.82, 2.24) is 9.97 Å². The fourth-order valence-electron chi connectivity index (χ4n) is 3.64. The van der Waals surface area contributed by atoms with E-state index in [0.29, 0.717) is 41.7 Å². The monoisotopic (exact) mass is 403 g/mol. The molecule has 8 heteroatoms. The van der Waals surface area contributed by atoms with Crippen LogP contribution in [0.1, 0.15) is 12.8 Å². The lowest BCUT2D eigenvalue weighted by Crippen LogP contribution is -2.39. The third-order valence-corrected chi connectivity index (χ3v) is 5.33. The molecular formula is C20H16ClF2N3O2. The molecule has 0 saturated carbocycles. The van der Waals surface area contributed by atoms with E-state index in [-0.39, 0.29) is 17.1 Å². The summed E-state index contributed by atoms with van der Waals surface area (Å²) >= 11 is 5.79. The van der Waals surface area contributed by atoms with Crippen molar-refractivity contribution in [2.75, 3.05) is 18.0 Å². The topological polar surface area (TPSA) is 66.3 Å². The smallest absolute Gasteiger partial charge is 0.308 e. The normalized spacial score (nSPS) is 17.1. The minimum absolute atomic E-state index is 0.00743. The number of aliphatic carboxylic acids is 1. The predicted octanol–water partition coefficient (Wildman–Crippen LogP) is 4.53. The van der Waals surface area contributed by atoms with Crippen LogP contribution >= 0.6 is 11.6 Å². The Labute approximate surface area is 164 Å². The van der Waals surface area contributed by atoms with Gasteiger partial charge in [0.2, 0.25) is 0 Å². The number of hydrogen-bond acceptors (Lipinski definition) is 4. The highest BCUT2D eigenvalue weighted by atomic mass is 35.5. The highest BCUT2D eigenvalue weighted by Crippen LogP contribution is 2.37. The van der Waals surface area contributed by atoms with E-state index in [4.69, 9.17) is 11.6 Å². The van der Waals surface area contributed by atoms with Crippen LogP contribution in [0.4, 0.5) is 14.6 Å². The maximum absolute atomic E-state index is 14.5. The fraction of sp³-hybridized carbons (Fsp3) is 0.250. The van der Waals surface area contributed by atoms with Crippen LogP contribution in [0.3, 0.4) is 0 Å². The van der Waals surface area contributed by atoms with Gasteiger partial charge in [0.05, 0.1) is 16.3 Å². The summed E-state index contributed by atoms with van der Waals surface area (Å²) < 4.78 is 28.5. The van der Waals surface area contributed by atoms with Gasteiger partial charge in [-0.3, -0.25) is 4.79 Å². The van der Waals surface area contributed by atoms with Gasteiger partial charge in [0.25, 0.3) is 0 Å². The number of rotatable bonds is 3. The molecule has 0 unspecified atom stereocenters. The van der Waals surface area contributed by atoms with Gasteiger partial charge in [-0.05, 0) is 42.2 Å². The van der Waals surface area contributed by atoms with Gasteiger partial charge in [0.15, 0.2) is 0 Å². The Morgan fingerprint density at radius 1 is 1.18 bits per heavy atom. The van der Waals surface area contributed by atoms with Crippen LogP contribution in [0, 0.1) is 17.6 Å². The van der Waals surface area contributed by atoms with Crippen molar-refractivity contribution in [3.63, 3.8) is 0 Å². The standard InChI is InChI=1S/C20H16ClF2N3O2/c21-14-5-3-11(8-16(14)23)13-4-6-15(22)18-17(13)19(25-10-24-18)26-7-1-2-12(9-26)20(27)28/h3-6,8,10,12H,1-2,7,9H2,(H,27,28)/t12-/m1/s1. The molecule has 4 rings (SSSR count). The Balaban J connectivity index is 1.91. The quantitative estimate of drug-likeness (QED) is 0.696. The number of halogens is 3. The van der Waals surface area contributed by atoms with E-state index in [0.717, 1.165) is 0 Å². The minimum atomic E-state index is -0.866. The first-order chi connectivity index (χ1) is 13.5. The summed E-state index contributed by atoms with van der Waals surface area (Å²) in [5.74, 6) is -2.05. The minimum Gasteiger partial charge on any atom is -0.481 e. The average molecular weight is 404 g/mol. The molecule has 1 atom stereocenters. The summed E-state index contributed by atoms with van der Waals surface area (Å²) in [6.07, 6.45) is 2.53. The molecule has 1 aliphatic heterocycles. The van der Waals surface area contributed by atoms with Crippen molar-refractivity contribution in [3.8, 4) is 11.1 Å². The van der Waals surface area contributed by atoms with Crippen molar-refractivity contribution in [1.29, 1.82) is 0 Å². The molecule has 0 bridgehead atoms. The van der Waals surface area contributed by atoms with E-state index in [1.54, 1.807) is 12.1 Å². The molecule has 3 aromatic rings. The summed E-state index contributed by atoms with van der Waals surface area (Å²) in [6, 6.07) is 7.18. The fourth-order valence-corrected chi connectivity index (χ4v) is 3.76. The Bertz CT molecular complexity index is 1080. The van der Waals surface area contributed by atoms with Crippen LogP contribution in [0.2, 0.25) is 5.02 Å². The van der Waals surface area contributed by atoms with Crippen molar-refractivity contribution in [2.45, 2.75) is 12.8 Å². The Morgan fingerprint density at radius 3 is 2.75 bits per heavy atom. The molecular weight excluding hydrogens is 388 g/mol. The first-order valence-corrected chi connectivity index (χ1v) is 9.20. The van der Waals surface area contributed by atoms with Gasteiger partial charge >= 0.3 is 5.97 Å². The van der Waals surface area contributed by atoms with E-state index in [1.807, 2.05) is 4.90 Å². The van der Waals surface area contributed by atoms with Gasteiger partial charge in [-0.15, -0.1) is 0 Å². The number of carbonyl (C=O) groups is 1. The SMILES string of the molecule is O=C(O)[C@@H]1CCCN(c2ncnc3c(F)ccc(-c4ccc(Cl)c(F)c4)c23)C1. The molecule has 2 heterocycles. The second-order valence-corrected chi connectivity index (χ2v) is 7.18. The van der Waals surface area contributed by atoms with Crippen molar-refractivity contribution in [3.05, 3.63) is 53.3 Å². The van der Waals surface area contributed by atoms with Crippen LogP contribution < -0.4 is 4.90 Å². The molecule has 5 nitrogen and oxygen atoms in total. The highest BCUT2D eigenvalue weighted by molar-refractivity contribution is 6.30. The number of fused-ring (bicyclic) bond motifs is 1. The van der Waals surface area contributed by atoms with Crippen molar-refractivity contribution in [2.24, 2.45) is 5.92 Å². The molecule has 1 saturated heterocycles. The van der Waals surface area contributed by atoms with E-state index in [2.05, 4.69) is 9.97 Å². The maximum Gasteiger partial charge on any atom is 0.308 e. The third-order valence-electron chi connectivity index (χ3n) is 5.02. The molecule has 28 heavy (non-hydrogen) atoms. The molecule has 144 valence electrons. The van der Waals surface area contributed by atoms with E-state index < -0.39 is 23.5 Å². The lowest BCUT2D eigenvalue weighted by Gasteiger charge is -2.32. The van der Waals surface area contributed by atoms with Crippen LogP contribution in [-0.2, 0) is 4.79 Å². The number of anilines is 1. The van der Waals surface area contributed by atoms with Gasteiger partial charge in [-0.2, -0.15) is 0 Å². The summed E-state index contributed by atoms with van der Waals surface area (Å²) in [4.78, 5) is 21.7. The molecule has 0 amide bonds. The van der Waals surface area contributed by atoms with Gasteiger partial charge in [0.1, 0.15) is 29.3 Å². The maximum atomic E-state index is 14.5. The van der Waals surface area contributed by atoms with Crippen LogP contribution in [0.25, 0.3) is 22.0 Å². The van der Waals surface area contributed by atoms with Gasteiger partial charge in [-0.1, -0.05) is 23.7 Å². The molecule has 0 aliphatic carbocycles. The lowest BCUT2D eigenvalue weighted by molar-refractivity contribution is -0.141. The summed E-state index contributed by atoms with van der Waals surface area (Å²) in [5.41, 5.74) is 1.17. The first-order valence-electron chi connectivity index (χ1n) is 8.82. The Morgan fingerprint density at radius 2 is 2.00 bits per heavy atom. The van der Waals surface area contributed by atoms with E-state index in [9.17, 15) is 18.7 Å². The van der Waals surface area contributed by atoms with Crippen molar-refractivity contribution < 1.29 is 18.7 Å². The molecule has 1 fully saturated rings. The summed E-state index contributed by atoms with van der Waals surface area (Å²) in [5, 5.41) is 9.79. The molecule has 1 N–H and O–H groups in total. The van der Waals surface area contributed by atoms with Crippen LogP contribution in [0.5, 0.6) is 0 Å². The van der Waals surface area contributed by atoms with Gasteiger partial charge in [0, 0.05) is 13.1 Å². The zero-order valence-corrected chi connectivity index (χ0v) is 15.5. The van der Waals surface area contributed by atoms with Gasteiger partial charge in [-0.25, -0.2) is 18.7 Å². The molecule has 2 aromatic carbocycles. The highest BCUT2D eigenvalue weighted by Gasteiger charge is 2.28. The molecule has 0 radical (unpaired) electrons. The van der Waals surface area contributed by atoms with Crippen molar-refractivity contribution >= 4 is 34.3 Å². The number of benzene rings is 2. The third kappa shape index (κ3) is 3.26. The molecule has 0 spiro atoms. The zero-order chi connectivity index (χ0) is 19.8. The zero-order valence-electron chi connectivity index (χ0n) is 14.7. The Hall–Kier alpha value is -2.80. The number of hydrogen-bond donors (Lipinski definition) is 1. The Kier molecular flexibility index (Phi) is 4.85. The summed E-state index contributed by atoms with van der Waals surface area (Å²) in [7, 11) is 0. The number of nitrogens with zero attached hydrogens (tertiary/aromatic N) is 3. The van der Waals surface area contributed by atoms with E-state index >= 15 is 0 Å². The number of carboxylic acid groups (broad SMARTS) is 1. The number of aromatic nitrogens is 2. The summed E-state index contributed by atoms with van der Waals surface area (Å²) in [6.45, 7) is 0.868. The van der Waals surface area contributed by atoms with Crippen LogP contribution in [0.15, 0.2) is 36.7 Å². The molecule has 1 aromatic heterocycles.